The van der Waals surface area contributed by atoms with Crippen LogP contribution in [-0.2, 0) is 4.79 Å². The van der Waals surface area contributed by atoms with Gasteiger partial charge in [-0.2, -0.15) is 0 Å². The molecule has 1 rings (SSSR count). The molecule has 0 aliphatic carbocycles. The molecule has 0 bridgehead atoms. The molecule has 0 unspecified atom stereocenters. The van der Waals surface area contributed by atoms with Crippen LogP contribution >= 0.6 is 0 Å². The number of hydrogen-bond donors (Lipinski definition) is 3. The lowest BCUT2D eigenvalue weighted by Gasteiger charge is -2.01. The van der Waals surface area contributed by atoms with E-state index in [0.717, 1.165) is 0 Å². The summed E-state index contributed by atoms with van der Waals surface area (Å²) in [6.07, 6.45) is 2.89. The number of carbonyl (C=O) groups excluding carboxylic acids is 2. The summed E-state index contributed by atoms with van der Waals surface area (Å²) >= 11 is 0. The molecule has 0 atom stereocenters. The molecular formula is C8H11N3O3. The van der Waals surface area contributed by atoms with Gasteiger partial charge in [-0.1, -0.05) is 0 Å². The highest BCUT2D eigenvalue weighted by Crippen LogP contribution is 1.98. The van der Waals surface area contributed by atoms with E-state index in [1.807, 2.05) is 5.43 Å². The molecule has 14 heavy (non-hydrogen) atoms. The van der Waals surface area contributed by atoms with Crippen molar-refractivity contribution in [2.45, 2.75) is 6.42 Å². The second-order valence-electron chi connectivity index (χ2n) is 2.59. The highest BCUT2D eigenvalue weighted by atomic mass is 16.3. The summed E-state index contributed by atoms with van der Waals surface area (Å²) in [4.78, 5) is 21.9. The van der Waals surface area contributed by atoms with Crippen LogP contribution in [0.2, 0.25) is 0 Å². The van der Waals surface area contributed by atoms with Crippen LogP contribution in [0.5, 0.6) is 0 Å². The first-order chi connectivity index (χ1) is 6.74. The zero-order valence-corrected chi connectivity index (χ0v) is 7.45. The number of nitrogens with one attached hydrogen (secondary N) is 2. The van der Waals surface area contributed by atoms with Gasteiger partial charge in [0.2, 0.25) is 5.91 Å². The molecule has 0 fully saturated rings. The molecule has 6 heteroatoms. The van der Waals surface area contributed by atoms with Gasteiger partial charge in [0.05, 0.1) is 11.8 Å². The maximum atomic E-state index is 11.2. The first-order valence-corrected chi connectivity index (χ1v) is 4.04. The summed E-state index contributed by atoms with van der Waals surface area (Å²) in [5, 5.41) is 2.53. The van der Waals surface area contributed by atoms with Gasteiger partial charge in [-0.3, -0.25) is 15.0 Å². The van der Waals surface area contributed by atoms with Gasteiger partial charge in [-0.15, -0.1) is 0 Å². The van der Waals surface area contributed by atoms with Crippen LogP contribution in [-0.4, -0.2) is 18.4 Å². The Hall–Kier alpha value is -1.82. The lowest BCUT2D eigenvalue weighted by atomic mass is 10.3. The summed E-state index contributed by atoms with van der Waals surface area (Å²) < 4.78 is 4.72. The van der Waals surface area contributed by atoms with Crippen molar-refractivity contribution in [1.82, 2.24) is 10.7 Å². The summed E-state index contributed by atoms with van der Waals surface area (Å²) in [5.74, 6) is 4.26. The third kappa shape index (κ3) is 2.91. The van der Waals surface area contributed by atoms with Crippen molar-refractivity contribution in [1.29, 1.82) is 0 Å². The van der Waals surface area contributed by atoms with E-state index in [1.165, 1.54) is 12.5 Å². The van der Waals surface area contributed by atoms with Gasteiger partial charge in [0, 0.05) is 13.0 Å². The summed E-state index contributed by atoms with van der Waals surface area (Å²) in [7, 11) is 0. The smallest absolute Gasteiger partial charge is 0.254 e. The van der Waals surface area contributed by atoms with Crippen molar-refractivity contribution in [3.8, 4) is 0 Å². The maximum Gasteiger partial charge on any atom is 0.254 e. The van der Waals surface area contributed by atoms with Crippen LogP contribution in [0.4, 0.5) is 0 Å². The molecule has 0 spiro atoms. The standard InChI is InChI=1S/C8H11N3O3/c9-11-7(12)1-3-10-8(13)6-2-4-14-5-6/h2,4-5H,1,3,9H2,(H,10,13)(H,11,12). The molecule has 4 N–H and O–H groups in total. The van der Waals surface area contributed by atoms with Gasteiger partial charge >= 0.3 is 0 Å². The average Bonchev–Trinajstić information content (AvgIpc) is 2.70. The molecule has 1 aromatic rings. The molecule has 2 amide bonds. The van der Waals surface area contributed by atoms with Gasteiger partial charge in [-0.25, -0.2) is 5.84 Å². The zero-order valence-electron chi connectivity index (χ0n) is 7.45. The third-order valence-electron chi connectivity index (χ3n) is 1.58. The summed E-state index contributed by atoms with van der Waals surface area (Å²) in [5.41, 5.74) is 2.39. The Kier molecular flexibility index (Phi) is 3.69. The maximum absolute atomic E-state index is 11.2. The lowest BCUT2D eigenvalue weighted by molar-refractivity contribution is -0.121. The number of rotatable bonds is 4. The first-order valence-electron chi connectivity index (χ1n) is 4.04. The topological polar surface area (TPSA) is 97.4 Å². The van der Waals surface area contributed by atoms with Crippen LogP contribution in [0, 0.1) is 0 Å². The number of hydrogen-bond acceptors (Lipinski definition) is 4. The highest BCUT2D eigenvalue weighted by Gasteiger charge is 2.06. The van der Waals surface area contributed by atoms with Crippen molar-refractivity contribution in [3.63, 3.8) is 0 Å². The fraction of sp³-hybridized carbons (Fsp3) is 0.250. The molecule has 6 nitrogen and oxygen atoms in total. The van der Waals surface area contributed by atoms with E-state index in [4.69, 9.17) is 10.3 Å². The predicted octanol–water partition coefficient (Wildman–Crippen LogP) is -0.611. The number of carbonyl (C=O) groups is 2. The van der Waals surface area contributed by atoms with E-state index in [1.54, 1.807) is 6.07 Å². The Balaban J connectivity index is 2.26. The Bertz CT molecular complexity index is 308. The monoisotopic (exact) mass is 197 g/mol. The summed E-state index contributed by atoms with van der Waals surface area (Å²) in [6, 6.07) is 1.54. The number of nitrogens with two attached hydrogens (primary N) is 1. The van der Waals surface area contributed by atoms with Crippen molar-refractivity contribution < 1.29 is 14.0 Å². The molecule has 0 saturated heterocycles. The first kappa shape index (κ1) is 10.3. The van der Waals surface area contributed by atoms with Gasteiger partial charge < -0.3 is 9.73 Å². The minimum absolute atomic E-state index is 0.153. The van der Waals surface area contributed by atoms with Gasteiger partial charge in [0.25, 0.3) is 5.91 Å². The number of furan rings is 1. The fourth-order valence-corrected chi connectivity index (χ4v) is 0.857. The Labute approximate surface area is 80.4 Å². The molecule has 76 valence electrons. The predicted molar refractivity (Wildman–Crippen MR) is 48.0 cm³/mol. The number of hydrazine groups is 1. The van der Waals surface area contributed by atoms with E-state index in [-0.39, 0.29) is 24.8 Å². The largest absolute Gasteiger partial charge is 0.472 e. The van der Waals surface area contributed by atoms with E-state index < -0.39 is 0 Å². The Morgan fingerprint density at radius 3 is 2.86 bits per heavy atom. The molecule has 1 aromatic heterocycles. The Morgan fingerprint density at radius 2 is 2.29 bits per heavy atom. The zero-order chi connectivity index (χ0) is 10.4. The van der Waals surface area contributed by atoms with E-state index >= 15 is 0 Å². The van der Waals surface area contributed by atoms with Crippen molar-refractivity contribution in [2.75, 3.05) is 6.54 Å². The molecule has 0 aliphatic rings. The van der Waals surface area contributed by atoms with E-state index in [9.17, 15) is 9.59 Å². The van der Waals surface area contributed by atoms with Crippen molar-refractivity contribution >= 4 is 11.8 Å². The fourth-order valence-electron chi connectivity index (χ4n) is 0.857. The van der Waals surface area contributed by atoms with Gasteiger partial charge in [0.15, 0.2) is 0 Å². The van der Waals surface area contributed by atoms with Crippen LogP contribution in [0.15, 0.2) is 23.0 Å². The van der Waals surface area contributed by atoms with Crippen LogP contribution in [0.25, 0.3) is 0 Å². The SMILES string of the molecule is NNC(=O)CCNC(=O)c1ccoc1. The molecule has 0 aromatic carbocycles. The molecule has 0 saturated carbocycles. The van der Waals surface area contributed by atoms with Crippen LogP contribution in [0.1, 0.15) is 16.8 Å². The Morgan fingerprint density at radius 1 is 1.50 bits per heavy atom. The van der Waals surface area contributed by atoms with Crippen LogP contribution in [0.3, 0.4) is 0 Å². The lowest BCUT2D eigenvalue weighted by Crippen LogP contribution is -2.34. The van der Waals surface area contributed by atoms with Crippen molar-refractivity contribution in [2.24, 2.45) is 5.84 Å². The molecule has 1 heterocycles. The molecular weight excluding hydrogens is 186 g/mol. The van der Waals surface area contributed by atoms with E-state index in [0.29, 0.717) is 5.56 Å². The normalized spacial score (nSPS) is 9.50. The second-order valence-corrected chi connectivity index (χ2v) is 2.59. The minimum atomic E-state index is -0.322. The van der Waals surface area contributed by atoms with Gasteiger partial charge in [0.1, 0.15) is 6.26 Å². The minimum Gasteiger partial charge on any atom is -0.472 e. The third-order valence-corrected chi connectivity index (χ3v) is 1.58. The van der Waals surface area contributed by atoms with Crippen molar-refractivity contribution in [3.05, 3.63) is 24.2 Å². The summed E-state index contributed by atoms with van der Waals surface area (Å²) in [6.45, 7) is 0.243. The van der Waals surface area contributed by atoms with Crippen LogP contribution < -0.4 is 16.6 Å². The number of amides is 2. The highest BCUT2D eigenvalue weighted by molar-refractivity contribution is 5.93. The second kappa shape index (κ2) is 5.03. The quantitative estimate of drug-likeness (QED) is 0.340. The molecule has 0 aliphatic heterocycles. The van der Waals surface area contributed by atoms with E-state index in [2.05, 4.69) is 5.32 Å². The average molecular weight is 197 g/mol. The van der Waals surface area contributed by atoms with Gasteiger partial charge in [-0.05, 0) is 6.07 Å². The molecule has 0 radical (unpaired) electrons.